The molecule has 2 unspecified atom stereocenters. The van der Waals surface area contributed by atoms with Gasteiger partial charge in [0.15, 0.2) is 0 Å². The van der Waals surface area contributed by atoms with Crippen molar-refractivity contribution in [3.05, 3.63) is 29.6 Å². The molecule has 0 aliphatic heterocycles. The van der Waals surface area contributed by atoms with Crippen LogP contribution in [0.15, 0.2) is 18.2 Å². The Bertz CT molecular complexity index is 380. The van der Waals surface area contributed by atoms with Gasteiger partial charge in [-0.1, -0.05) is 29.3 Å². The van der Waals surface area contributed by atoms with Gasteiger partial charge in [0.2, 0.25) is 0 Å². The average molecular weight is 301 g/mol. The molecule has 0 amide bonds. The first-order valence-electron chi connectivity index (χ1n) is 6.20. The molecule has 0 spiro atoms. The Morgan fingerprint density at radius 1 is 1.41 bits per heavy atom. The quantitative estimate of drug-likeness (QED) is 0.737. The number of halogens is 2. The average Bonchev–Trinajstić information content (AvgIpc) is 2.31. The lowest BCUT2D eigenvalue weighted by atomic mass is 9.88. The summed E-state index contributed by atoms with van der Waals surface area (Å²) in [5.74, 6) is 1.35. The van der Waals surface area contributed by atoms with Crippen molar-refractivity contribution in [1.82, 2.24) is 0 Å². The fourth-order valence-corrected chi connectivity index (χ4v) is 2.87. The van der Waals surface area contributed by atoms with Crippen molar-refractivity contribution >= 4 is 15.9 Å². The Balaban J connectivity index is 2.07. The van der Waals surface area contributed by atoms with Crippen LogP contribution in [0, 0.1) is 11.7 Å². The summed E-state index contributed by atoms with van der Waals surface area (Å²) in [5, 5.41) is 0.627. The standard InChI is InChI=1S/C14H18BrFO/c1-10-3-2-4-13(7-10)17-14-6-5-12(16)8-11(14)9-15/h5-6,8,10,13H,2-4,7,9H2,1H3. The fraction of sp³-hybridized carbons (Fsp3) is 0.571. The fourth-order valence-electron chi connectivity index (χ4n) is 2.43. The van der Waals surface area contributed by atoms with Gasteiger partial charge in [-0.05, 0) is 43.4 Å². The van der Waals surface area contributed by atoms with Crippen molar-refractivity contribution in [3.63, 3.8) is 0 Å². The molecule has 1 fully saturated rings. The van der Waals surface area contributed by atoms with Crippen molar-refractivity contribution in [2.75, 3.05) is 0 Å². The van der Waals surface area contributed by atoms with E-state index in [1.165, 1.54) is 25.0 Å². The maximum absolute atomic E-state index is 13.1. The summed E-state index contributed by atoms with van der Waals surface area (Å²) in [6.45, 7) is 2.27. The van der Waals surface area contributed by atoms with E-state index in [4.69, 9.17) is 4.74 Å². The van der Waals surface area contributed by atoms with Crippen molar-refractivity contribution < 1.29 is 9.13 Å². The van der Waals surface area contributed by atoms with Crippen molar-refractivity contribution in [1.29, 1.82) is 0 Å². The van der Waals surface area contributed by atoms with Crippen LogP contribution < -0.4 is 4.74 Å². The molecule has 2 rings (SSSR count). The van der Waals surface area contributed by atoms with Crippen LogP contribution in [0.5, 0.6) is 5.75 Å². The molecule has 1 nitrogen and oxygen atoms in total. The Kier molecular flexibility index (Phi) is 4.43. The van der Waals surface area contributed by atoms with Gasteiger partial charge in [-0.15, -0.1) is 0 Å². The number of ether oxygens (including phenoxy) is 1. The minimum absolute atomic E-state index is 0.205. The second-order valence-electron chi connectivity index (χ2n) is 4.90. The molecule has 3 heteroatoms. The Morgan fingerprint density at radius 2 is 2.24 bits per heavy atom. The van der Waals surface area contributed by atoms with E-state index in [9.17, 15) is 4.39 Å². The minimum Gasteiger partial charge on any atom is -0.490 e. The summed E-state index contributed by atoms with van der Waals surface area (Å²) in [7, 11) is 0. The SMILES string of the molecule is CC1CCCC(Oc2ccc(F)cc2CBr)C1. The van der Waals surface area contributed by atoms with Gasteiger partial charge < -0.3 is 4.74 Å². The zero-order chi connectivity index (χ0) is 12.3. The predicted molar refractivity (Wildman–Crippen MR) is 71.1 cm³/mol. The minimum atomic E-state index is -0.205. The van der Waals surface area contributed by atoms with E-state index in [1.54, 1.807) is 6.07 Å². The monoisotopic (exact) mass is 300 g/mol. The van der Waals surface area contributed by atoms with Gasteiger partial charge in [-0.25, -0.2) is 4.39 Å². The van der Waals surface area contributed by atoms with Crippen LogP contribution in [0.4, 0.5) is 4.39 Å². The molecule has 2 atom stereocenters. The van der Waals surface area contributed by atoms with E-state index in [-0.39, 0.29) is 5.82 Å². The van der Waals surface area contributed by atoms with Crippen molar-refractivity contribution in [2.45, 2.75) is 44.0 Å². The first kappa shape index (κ1) is 12.9. The lowest BCUT2D eigenvalue weighted by Crippen LogP contribution is -2.24. The summed E-state index contributed by atoms with van der Waals surface area (Å²) in [5.41, 5.74) is 0.892. The van der Waals surface area contributed by atoms with Gasteiger partial charge in [0.1, 0.15) is 11.6 Å². The van der Waals surface area contributed by atoms with Crippen LogP contribution in [-0.2, 0) is 5.33 Å². The predicted octanol–water partition coefficient (Wildman–Crippen LogP) is 4.68. The highest BCUT2D eigenvalue weighted by molar-refractivity contribution is 9.08. The van der Waals surface area contributed by atoms with Gasteiger partial charge >= 0.3 is 0 Å². The molecule has 1 aliphatic carbocycles. The Hall–Kier alpha value is -0.570. The molecule has 1 aromatic carbocycles. The van der Waals surface area contributed by atoms with Crippen LogP contribution in [0.3, 0.4) is 0 Å². The first-order valence-corrected chi connectivity index (χ1v) is 7.32. The number of hydrogen-bond acceptors (Lipinski definition) is 1. The van der Waals surface area contributed by atoms with E-state index >= 15 is 0 Å². The number of benzene rings is 1. The molecular weight excluding hydrogens is 283 g/mol. The molecule has 0 heterocycles. The lowest BCUT2D eigenvalue weighted by Gasteiger charge is -2.28. The highest BCUT2D eigenvalue weighted by Crippen LogP contribution is 2.30. The third-order valence-electron chi connectivity index (χ3n) is 3.35. The van der Waals surface area contributed by atoms with Gasteiger partial charge in [0.25, 0.3) is 0 Å². The topological polar surface area (TPSA) is 9.23 Å². The van der Waals surface area contributed by atoms with Crippen molar-refractivity contribution in [3.8, 4) is 5.75 Å². The highest BCUT2D eigenvalue weighted by atomic mass is 79.9. The van der Waals surface area contributed by atoms with Crippen LogP contribution in [0.25, 0.3) is 0 Å². The van der Waals surface area contributed by atoms with Crippen LogP contribution >= 0.6 is 15.9 Å². The van der Waals surface area contributed by atoms with Gasteiger partial charge in [-0.2, -0.15) is 0 Å². The van der Waals surface area contributed by atoms with Crippen LogP contribution in [-0.4, -0.2) is 6.10 Å². The third kappa shape index (κ3) is 3.44. The molecule has 1 saturated carbocycles. The number of alkyl halides is 1. The third-order valence-corrected chi connectivity index (χ3v) is 3.95. The molecule has 17 heavy (non-hydrogen) atoms. The maximum atomic E-state index is 13.1. The molecule has 0 N–H and O–H groups in total. The summed E-state index contributed by atoms with van der Waals surface area (Å²) in [6, 6.07) is 4.75. The molecule has 0 aromatic heterocycles. The van der Waals surface area contributed by atoms with Crippen LogP contribution in [0.2, 0.25) is 0 Å². The normalized spacial score (nSPS) is 24.6. The van der Waals surface area contributed by atoms with E-state index in [0.717, 1.165) is 30.1 Å². The van der Waals surface area contributed by atoms with Gasteiger partial charge in [0, 0.05) is 10.9 Å². The van der Waals surface area contributed by atoms with Crippen LogP contribution in [0.1, 0.15) is 38.2 Å². The lowest BCUT2D eigenvalue weighted by molar-refractivity contribution is 0.128. The molecule has 0 radical (unpaired) electrons. The second kappa shape index (κ2) is 5.85. The first-order chi connectivity index (χ1) is 8.19. The number of hydrogen-bond donors (Lipinski definition) is 0. The molecule has 1 aliphatic rings. The van der Waals surface area contributed by atoms with E-state index in [1.807, 2.05) is 0 Å². The summed E-state index contributed by atoms with van der Waals surface area (Å²) in [4.78, 5) is 0. The summed E-state index contributed by atoms with van der Waals surface area (Å²) >= 11 is 3.37. The molecule has 1 aromatic rings. The smallest absolute Gasteiger partial charge is 0.123 e. The van der Waals surface area contributed by atoms with E-state index in [0.29, 0.717) is 11.4 Å². The molecule has 94 valence electrons. The van der Waals surface area contributed by atoms with E-state index in [2.05, 4.69) is 22.9 Å². The second-order valence-corrected chi connectivity index (χ2v) is 5.46. The number of rotatable bonds is 3. The zero-order valence-electron chi connectivity index (χ0n) is 10.1. The highest BCUT2D eigenvalue weighted by Gasteiger charge is 2.21. The summed E-state index contributed by atoms with van der Waals surface area (Å²) < 4.78 is 19.1. The van der Waals surface area contributed by atoms with Crippen molar-refractivity contribution in [2.24, 2.45) is 5.92 Å². The zero-order valence-corrected chi connectivity index (χ0v) is 11.7. The molecule has 0 saturated heterocycles. The Labute approximate surface area is 110 Å². The largest absolute Gasteiger partial charge is 0.490 e. The van der Waals surface area contributed by atoms with Gasteiger partial charge in [0.05, 0.1) is 6.10 Å². The van der Waals surface area contributed by atoms with Gasteiger partial charge in [-0.3, -0.25) is 0 Å². The van der Waals surface area contributed by atoms with E-state index < -0.39 is 0 Å². The Morgan fingerprint density at radius 3 is 2.94 bits per heavy atom. The maximum Gasteiger partial charge on any atom is 0.123 e. The summed E-state index contributed by atoms with van der Waals surface area (Å²) in [6.07, 6.45) is 5.05. The molecular formula is C14H18BrFO. The molecule has 0 bridgehead atoms.